The van der Waals surface area contributed by atoms with Crippen LogP contribution in [0.15, 0.2) is 52.4 Å². The first-order chi connectivity index (χ1) is 14.5. The molecular weight excluding hydrogens is 408 g/mol. The summed E-state index contributed by atoms with van der Waals surface area (Å²) in [5, 5.41) is 5.23. The van der Waals surface area contributed by atoms with Crippen molar-refractivity contribution in [3.63, 3.8) is 0 Å². The minimum absolute atomic E-state index is 0.106. The minimum Gasteiger partial charge on any atom is -0.493 e. The molecule has 30 heavy (non-hydrogen) atoms. The Morgan fingerprint density at radius 2 is 1.83 bits per heavy atom. The van der Waals surface area contributed by atoms with Gasteiger partial charge >= 0.3 is 6.03 Å². The van der Waals surface area contributed by atoms with E-state index in [0.29, 0.717) is 33.2 Å². The van der Waals surface area contributed by atoms with Gasteiger partial charge in [0.1, 0.15) is 0 Å². The van der Waals surface area contributed by atoms with E-state index in [4.69, 9.17) is 9.47 Å². The van der Waals surface area contributed by atoms with Gasteiger partial charge in [-0.3, -0.25) is 19.5 Å². The molecule has 0 unspecified atom stereocenters. The monoisotopic (exact) mass is 428 g/mol. The lowest BCUT2D eigenvalue weighted by molar-refractivity contribution is -0.117. The fraction of sp³-hybridized carbons (Fsp3) is 0.200. The second-order valence-corrected chi connectivity index (χ2v) is 6.95. The number of rotatable bonds is 6. The van der Waals surface area contributed by atoms with Crippen LogP contribution in [-0.2, 0) is 4.79 Å². The Morgan fingerprint density at radius 1 is 1.10 bits per heavy atom. The molecule has 3 aromatic rings. The fourth-order valence-electron chi connectivity index (χ4n) is 2.76. The number of fused-ring (bicyclic) bond motifs is 1. The van der Waals surface area contributed by atoms with E-state index in [1.807, 2.05) is 0 Å². The molecule has 9 nitrogen and oxygen atoms in total. The first-order valence-electron chi connectivity index (χ1n) is 8.87. The van der Waals surface area contributed by atoms with E-state index in [9.17, 15) is 14.4 Å². The number of methoxy groups -OCH3 is 2. The zero-order valence-corrected chi connectivity index (χ0v) is 17.4. The van der Waals surface area contributed by atoms with E-state index in [-0.39, 0.29) is 11.3 Å². The average Bonchev–Trinajstić information content (AvgIpc) is 2.77. The molecule has 0 fully saturated rings. The van der Waals surface area contributed by atoms with Crippen LogP contribution in [0.1, 0.15) is 0 Å². The number of para-hydroxylation sites is 1. The van der Waals surface area contributed by atoms with Crippen molar-refractivity contribution in [2.75, 3.05) is 27.0 Å². The number of hydrogen-bond acceptors (Lipinski definition) is 7. The number of imide groups is 1. The van der Waals surface area contributed by atoms with Gasteiger partial charge in [-0.25, -0.2) is 9.78 Å². The van der Waals surface area contributed by atoms with Crippen LogP contribution in [0.2, 0.25) is 0 Å². The van der Waals surface area contributed by atoms with Crippen molar-refractivity contribution in [2.24, 2.45) is 0 Å². The van der Waals surface area contributed by atoms with E-state index in [1.165, 1.54) is 25.8 Å². The number of nitrogens with zero attached hydrogens (tertiary/aromatic N) is 2. The molecule has 0 radical (unpaired) electrons. The van der Waals surface area contributed by atoms with Gasteiger partial charge in [0.15, 0.2) is 16.7 Å². The zero-order chi connectivity index (χ0) is 21.7. The number of urea groups is 1. The molecule has 10 heteroatoms. The number of carbonyl (C=O) groups is 2. The lowest BCUT2D eigenvalue weighted by atomic mass is 10.2. The van der Waals surface area contributed by atoms with E-state index in [2.05, 4.69) is 15.6 Å². The molecule has 0 bridgehead atoms. The third kappa shape index (κ3) is 4.38. The van der Waals surface area contributed by atoms with Crippen LogP contribution in [0, 0.1) is 0 Å². The number of hydrogen-bond donors (Lipinski definition) is 2. The minimum atomic E-state index is -0.607. The Balaban J connectivity index is 2.09. The number of nitrogens with one attached hydrogen (secondary N) is 2. The number of amides is 3. The summed E-state index contributed by atoms with van der Waals surface area (Å²) < 4.78 is 12.0. The SMILES string of the molecule is CNC(=O)NC(=O)CSc1nc2ccccc2c(=O)n1-c1ccc(OC)c(OC)c1. The molecule has 3 amide bonds. The van der Waals surface area contributed by atoms with Gasteiger partial charge in [-0.05, 0) is 24.3 Å². The Kier molecular flexibility index (Phi) is 6.58. The van der Waals surface area contributed by atoms with Crippen molar-refractivity contribution in [3.8, 4) is 17.2 Å². The molecule has 0 aliphatic carbocycles. The lowest BCUT2D eigenvalue weighted by Gasteiger charge is -2.15. The number of aromatic nitrogens is 2. The Labute approximate surface area is 176 Å². The molecular formula is C20H20N4O5S. The Hall–Kier alpha value is -3.53. The molecule has 3 rings (SSSR count). The molecule has 156 valence electrons. The molecule has 2 aromatic carbocycles. The summed E-state index contributed by atoms with van der Waals surface area (Å²) in [5.74, 6) is 0.345. The van der Waals surface area contributed by atoms with Gasteiger partial charge in [0.25, 0.3) is 5.56 Å². The Morgan fingerprint density at radius 3 is 2.53 bits per heavy atom. The van der Waals surface area contributed by atoms with Gasteiger partial charge in [-0.15, -0.1) is 0 Å². The van der Waals surface area contributed by atoms with Crippen LogP contribution in [0.3, 0.4) is 0 Å². The third-order valence-electron chi connectivity index (χ3n) is 4.18. The van der Waals surface area contributed by atoms with Crippen LogP contribution in [-0.4, -0.2) is 48.5 Å². The van der Waals surface area contributed by atoms with Crippen LogP contribution >= 0.6 is 11.8 Å². The largest absolute Gasteiger partial charge is 0.493 e. The van der Waals surface area contributed by atoms with Crippen molar-refractivity contribution in [1.82, 2.24) is 20.2 Å². The molecule has 0 aliphatic rings. The summed E-state index contributed by atoms with van der Waals surface area (Å²) in [6.45, 7) is 0. The second kappa shape index (κ2) is 9.31. The van der Waals surface area contributed by atoms with Crippen LogP contribution in [0.25, 0.3) is 16.6 Å². The first-order valence-corrected chi connectivity index (χ1v) is 9.85. The van der Waals surface area contributed by atoms with Gasteiger partial charge in [-0.2, -0.15) is 0 Å². The summed E-state index contributed by atoms with van der Waals surface area (Å²) in [5.41, 5.74) is 0.723. The normalized spacial score (nSPS) is 10.5. The van der Waals surface area contributed by atoms with Gasteiger partial charge in [0, 0.05) is 13.1 Å². The number of benzene rings is 2. The van der Waals surface area contributed by atoms with Crippen molar-refractivity contribution in [1.29, 1.82) is 0 Å². The maximum Gasteiger partial charge on any atom is 0.321 e. The number of ether oxygens (including phenoxy) is 2. The molecule has 0 aliphatic heterocycles. The van der Waals surface area contributed by atoms with Crippen LogP contribution < -0.4 is 25.7 Å². The topological polar surface area (TPSA) is 112 Å². The van der Waals surface area contributed by atoms with E-state index < -0.39 is 11.9 Å². The molecule has 2 N–H and O–H groups in total. The predicted octanol–water partition coefficient (Wildman–Crippen LogP) is 1.95. The third-order valence-corrected chi connectivity index (χ3v) is 5.12. The van der Waals surface area contributed by atoms with Crippen LogP contribution in [0.4, 0.5) is 4.79 Å². The highest BCUT2D eigenvalue weighted by molar-refractivity contribution is 7.99. The molecule has 1 aromatic heterocycles. The Bertz CT molecular complexity index is 1160. The zero-order valence-electron chi connectivity index (χ0n) is 16.6. The lowest BCUT2D eigenvalue weighted by Crippen LogP contribution is -2.38. The maximum absolute atomic E-state index is 13.2. The molecule has 0 saturated carbocycles. The summed E-state index contributed by atoms with van der Waals surface area (Å²) in [6.07, 6.45) is 0. The quantitative estimate of drug-likeness (QED) is 0.456. The highest BCUT2D eigenvalue weighted by atomic mass is 32.2. The van der Waals surface area contributed by atoms with Crippen molar-refractivity contribution < 1.29 is 19.1 Å². The molecule has 0 atom stereocenters. The van der Waals surface area contributed by atoms with E-state index in [1.54, 1.807) is 42.5 Å². The molecule has 0 saturated heterocycles. The van der Waals surface area contributed by atoms with Gasteiger partial charge < -0.3 is 14.8 Å². The first kappa shape index (κ1) is 21.2. The highest BCUT2D eigenvalue weighted by Crippen LogP contribution is 2.30. The van der Waals surface area contributed by atoms with Crippen molar-refractivity contribution in [3.05, 3.63) is 52.8 Å². The maximum atomic E-state index is 13.2. The fourth-order valence-corrected chi connectivity index (χ4v) is 3.57. The second-order valence-electron chi connectivity index (χ2n) is 6.01. The predicted molar refractivity (Wildman–Crippen MR) is 114 cm³/mol. The summed E-state index contributed by atoms with van der Waals surface area (Å²) in [4.78, 5) is 41.2. The van der Waals surface area contributed by atoms with Gasteiger partial charge in [0.2, 0.25) is 5.91 Å². The van der Waals surface area contributed by atoms with E-state index >= 15 is 0 Å². The molecule has 1 heterocycles. The average molecular weight is 428 g/mol. The smallest absolute Gasteiger partial charge is 0.321 e. The molecule has 0 spiro atoms. The van der Waals surface area contributed by atoms with Crippen molar-refractivity contribution >= 4 is 34.6 Å². The standard InChI is InChI=1S/C20H20N4O5S/c1-21-19(27)23-17(25)11-30-20-22-14-7-5-4-6-13(14)18(26)24(20)12-8-9-15(28-2)16(10-12)29-3/h4-10H,11H2,1-3H3,(H2,21,23,25,27). The summed E-state index contributed by atoms with van der Waals surface area (Å²) in [6, 6.07) is 11.4. The highest BCUT2D eigenvalue weighted by Gasteiger charge is 2.17. The van der Waals surface area contributed by atoms with Gasteiger partial charge in [-0.1, -0.05) is 23.9 Å². The number of carbonyl (C=O) groups excluding carboxylic acids is 2. The van der Waals surface area contributed by atoms with Crippen LogP contribution in [0.5, 0.6) is 11.5 Å². The van der Waals surface area contributed by atoms with Gasteiger partial charge in [0.05, 0.1) is 36.6 Å². The summed E-state index contributed by atoms with van der Waals surface area (Å²) >= 11 is 1.04. The van der Waals surface area contributed by atoms with E-state index in [0.717, 1.165) is 11.8 Å². The number of thioether (sulfide) groups is 1. The van der Waals surface area contributed by atoms with Crippen molar-refractivity contribution in [2.45, 2.75) is 5.16 Å². The summed E-state index contributed by atoms with van der Waals surface area (Å²) in [7, 11) is 4.44.